The molecule has 0 aromatic heterocycles. The number of rotatable bonds is 33. The van der Waals surface area contributed by atoms with Crippen LogP contribution in [-0.2, 0) is 23.8 Å². The summed E-state index contributed by atoms with van der Waals surface area (Å²) in [6.45, 7) is 5.41. The number of ether oxygens (including phenoxy) is 3. The molecule has 7 heteroatoms. The highest BCUT2D eigenvalue weighted by atomic mass is 16.7. The maximum absolute atomic E-state index is 12.0. The van der Waals surface area contributed by atoms with Gasteiger partial charge in [-0.05, 0) is 19.3 Å². The number of unbranched alkanes of at least 4 members (excludes halogenated alkanes) is 21. The highest BCUT2D eigenvalue weighted by molar-refractivity contribution is 5.72. The number of aliphatic hydroxyl groups is 1. The average molecular weight is 586 g/mol. The molecule has 0 aromatic rings. The van der Waals surface area contributed by atoms with Crippen LogP contribution in [0.1, 0.15) is 168 Å². The lowest BCUT2D eigenvalue weighted by Crippen LogP contribution is -2.27. The maximum atomic E-state index is 12.0. The van der Waals surface area contributed by atoms with Crippen LogP contribution in [0.2, 0.25) is 0 Å². The second kappa shape index (κ2) is 33.3. The van der Waals surface area contributed by atoms with Crippen LogP contribution in [-0.4, -0.2) is 56.2 Å². The maximum Gasteiger partial charge on any atom is 0.306 e. The minimum absolute atomic E-state index is 0.0719. The van der Waals surface area contributed by atoms with E-state index in [1.807, 2.05) is 0 Å². The van der Waals surface area contributed by atoms with E-state index in [1.54, 1.807) is 6.92 Å². The highest BCUT2D eigenvalue weighted by Crippen LogP contribution is 2.13. The molecule has 0 bridgehead atoms. The third kappa shape index (κ3) is 33.2. The van der Waals surface area contributed by atoms with Crippen molar-refractivity contribution in [1.29, 1.82) is 0 Å². The molecule has 0 aromatic carbocycles. The van der Waals surface area contributed by atoms with Crippen molar-refractivity contribution in [3.8, 4) is 0 Å². The van der Waals surface area contributed by atoms with Gasteiger partial charge in [-0.15, -0.1) is 0 Å². The van der Waals surface area contributed by atoms with Crippen molar-refractivity contribution in [3.63, 3.8) is 0 Å². The smallest absolute Gasteiger partial charge is 0.306 e. The van der Waals surface area contributed by atoms with Gasteiger partial charge in [-0.25, -0.2) is 0 Å². The first-order valence-electron chi connectivity index (χ1n) is 17.3. The zero-order valence-electron chi connectivity index (χ0n) is 27.1. The van der Waals surface area contributed by atoms with Gasteiger partial charge in [0.15, 0.2) is 0 Å². The fourth-order valence-electron chi connectivity index (χ4n) is 4.96. The molecule has 0 fully saturated rings. The summed E-state index contributed by atoms with van der Waals surface area (Å²) < 4.78 is 16.3. The molecule has 0 saturated carbocycles. The van der Waals surface area contributed by atoms with Crippen molar-refractivity contribution in [2.75, 3.05) is 33.2 Å². The molecule has 0 rings (SSSR count). The molecule has 0 unspecified atom stereocenters. The van der Waals surface area contributed by atoms with Gasteiger partial charge in [-0.3, -0.25) is 9.59 Å². The summed E-state index contributed by atoms with van der Waals surface area (Å²) in [4.78, 5) is 22.8. The second-order valence-electron chi connectivity index (χ2n) is 11.7. The zero-order valence-corrected chi connectivity index (χ0v) is 27.1. The molecule has 0 aliphatic carbocycles. The number of hydrogen-bond acceptors (Lipinski definition) is 6. The van der Waals surface area contributed by atoms with Crippen LogP contribution in [0.15, 0.2) is 0 Å². The summed E-state index contributed by atoms with van der Waals surface area (Å²) in [7, 11) is 0. The molecule has 0 aliphatic rings. The van der Waals surface area contributed by atoms with Gasteiger partial charge < -0.3 is 24.6 Å². The molecule has 2 N–H and O–H groups in total. The standard InChI is InChI=1S/C34H67NO6/c1-3-4-5-6-7-8-14-17-20-23-26-34(38)41-33(29-36)30-40-31-39-28-25-22-19-16-13-11-9-10-12-15-18-21-24-27-35-32(2)37/h33,36H,3-31H2,1-2H3,(H,35,37)/t33-/m1/s1. The van der Waals surface area contributed by atoms with Gasteiger partial charge >= 0.3 is 5.97 Å². The topological polar surface area (TPSA) is 94.1 Å². The van der Waals surface area contributed by atoms with Crippen molar-refractivity contribution < 1.29 is 28.9 Å². The number of hydrogen-bond donors (Lipinski definition) is 2. The number of amides is 1. The minimum Gasteiger partial charge on any atom is -0.457 e. The first-order valence-corrected chi connectivity index (χ1v) is 17.3. The Bertz CT molecular complexity index is 559. The molecule has 1 amide bonds. The zero-order chi connectivity index (χ0) is 30.1. The Labute approximate surface area is 253 Å². The quantitative estimate of drug-likeness (QED) is 0.0456. The van der Waals surface area contributed by atoms with E-state index in [0.717, 1.165) is 32.2 Å². The molecular weight excluding hydrogens is 518 g/mol. The molecule has 1 atom stereocenters. The number of carbonyl (C=O) groups is 2. The first-order chi connectivity index (χ1) is 20.1. The molecule has 0 aliphatic heterocycles. The van der Waals surface area contributed by atoms with Crippen molar-refractivity contribution in [2.24, 2.45) is 0 Å². The first kappa shape index (κ1) is 39.8. The average Bonchev–Trinajstić information content (AvgIpc) is 2.96. The summed E-state index contributed by atoms with van der Waals surface area (Å²) in [5, 5.41) is 12.3. The Morgan fingerprint density at radius 1 is 0.634 bits per heavy atom. The lowest BCUT2D eigenvalue weighted by Gasteiger charge is -2.16. The predicted octanol–water partition coefficient (Wildman–Crippen LogP) is 8.40. The van der Waals surface area contributed by atoms with Gasteiger partial charge in [-0.2, -0.15) is 0 Å². The summed E-state index contributed by atoms with van der Waals surface area (Å²) in [6, 6.07) is 0. The Hall–Kier alpha value is -1.18. The van der Waals surface area contributed by atoms with Gasteiger partial charge in [0, 0.05) is 26.5 Å². The summed E-state index contributed by atoms with van der Waals surface area (Å²) in [6.07, 6.45) is 28.4. The number of nitrogens with one attached hydrogen (secondary N) is 1. The number of carbonyl (C=O) groups excluding carboxylic acids is 2. The van der Waals surface area contributed by atoms with Crippen LogP contribution < -0.4 is 5.32 Å². The molecule has 0 saturated heterocycles. The van der Waals surface area contributed by atoms with E-state index in [9.17, 15) is 14.7 Å². The summed E-state index contributed by atoms with van der Waals surface area (Å²) in [5.41, 5.74) is 0. The van der Waals surface area contributed by atoms with Crippen molar-refractivity contribution >= 4 is 11.9 Å². The largest absolute Gasteiger partial charge is 0.457 e. The number of esters is 1. The van der Waals surface area contributed by atoms with E-state index in [4.69, 9.17) is 14.2 Å². The van der Waals surface area contributed by atoms with E-state index in [-0.39, 0.29) is 31.9 Å². The van der Waals surface area contributed by atoms with Gasteiger partial charge in [0.2, 0.25) is 5.91 Å². The fourth-order valence-corrected chi connectivity index (χ4v) is 4.96. The van der Waals surface area contributed by atoms with Gasteiger partial charge in [0.25, 0.3) is 0 Å². The highest BCUT2D eigenvalue weighted by Gasteiger charge is 2.13. The Morgan fingerprint density at radius 2 is 1.10 bits per heavy atom. The third-order valence-electron chi connectivity index (χ3n) is 7.55. The number of aliphatic hydroxyl groups excluding tert-OH is 1. The fraction of sp³-hybridized carbons (Fsp3) is 0.941. The Kier molecular flexibility index (Phi) is 32.4. The predicted molar refractivity (Wildman–Crippen MR) is 169 cm³/mol. The molecule has 41 heavy (non-hydrogen) atoms. The monoisotopic (exact) mass is 585 g/mol. The van der Waals surface area contributed by atoms with Crippen LogP contribution in [0.25, 0.3) is 0 Å². The van der Waals surface area contributed by atoms with Crippen LogP contribution >= 0.6 is 0 Å². The molecule has 0 spiro atoms. The van der Waals surface area contributed by atoms with Crippen LogP contribution in [0, 0.1) is 0 Å². The molecule has 0 radical (unpaired) electrons. The Morgan fingerprint density at radius 3 is 1.59 bits per heavy atom. The van der Waals surface area contributed by atoms with Crippen molar-refractivity contribution in [3.05, 3.63) is 0 Å². The molecular formula is C34H67NO6. The summed E-state index contributed by atoms with van der Waals surface area (Å²) in [5.74, 6) is -0.178. The lowest BCUT2D eigenvalue weighted by molar-refractivity contribution is -0.159. The van der Waals surface area contributed by atoms with Crippen LogP contribution in [0.5, 0.6) is 0 Å². The van der Waals surface area contributed by atoms with Crippen molar-refractivity contribution in [2.45, 2.75) is 174 Å². The summed E-state index contributed by atoms with van der Waals surface area (Å²) >= 11 is 0. The Balaban J connectivity index is 3.35. The van der Waals surface area contributed by atoms with Gasteiger partial charge in [0.1, 0.15) is 12.9 Å². The van der Waals surface area contributed by atoms with Gasteiger partial charge in [0.05, 0.1) is 13.2 Å². The van der Waals surface area contributed by atoms with E-state index in [1.165, 1.54) is 122 Å². The van der Waals surface area contributed by atoms with Crippen LogP contribution in [0.3, 0.4) is 0 Å². The van der Waals surface area contributed by atoms with Gasteiger partial charge in [-0.1, -0.05) is 135 Å². The third-order valence-corrected chi connectivity index (χ3v) is 7.55. The molecule has 0 heterocycles. The van der Waals surface area contributed by atoms with E-state index < -0.39 is 6.10 Å². The molecule has 7 nitrogen and oxygen atoms in total. The van der Waals surface area contributed by atoms with E-state index in [2.05, 4.69) is 12.2 Å². The van der Waals surface area contributed by atoms with Crippen LogP contribution in [0.4, 0.5) is 0 Å². The minimum atomic E-state index is -0.615. The van der Waals surface area contributed by atoms with E-state index in [0.29, 0.717) is 13.0 Å². The van der Waals surface area contributed by atoms with Crippen molar-refractivity contribution in [1.82, 2.24) is 5.32 Å². The SMILES string of the molecule is CCCCCCCCCCCCC(=O)O[C@H](CO)COCOCCCCCCCCCCCCCCCNC(C)=O. The second-order valence-corrected chi connectivity index (χ2v) is 11.7. The normalized spacial score (nSPS) is 12.0. The molecule has 244 valence electrons. The van der Waals surface area contributed by atoms with E-state index >= 15 is 0 Å². The lowest BCUT2D eigenvalue weighted by atomic mass is 10.0.